The molecule has 0 atom stereocenters. The maximum Gasteiger partial charge on any atom is 0.306 e. The van der Waals surface area contributed by atoms with Crippen LogP contribution in [-0.4, -0.2) is 47.4 Å². The van der Waals surface area contributed by atoms with Crippen LogP contribution in [-0.2, 0) is 36.0 Å². The molecule has 1 aromatic heterocycles. The summed E-state index contributed by atoms with van der Waals surface area (Å²) in [6.07, 6.45) is 0.879. The minimum atomic E-state index is -3.74. The number of aryl methyl sites for hydroxylation is 1. The fourth-order valence-electron chi connectivity index (χ4n) is 3.90. The van der Waals surface area contributed by atoms with Crippen molar-refractivity contribution >= 4 is 33.1 Å². The number of phenolic OH excluding ortho intramolecular Hbond substituents is 1. The number of carbonyl (C=O) groups excluding carboxylic acids is 2. The van der Waals surface area contributed by atoms with Gasteiger partial charge in [0.05, 0.1) is 9.79 Å². The average molecular weight is 522 g/mol. The van der Waals surface area contributed by atoms with Crippen LogP contribution in [0.25, 0.3) is 16.7 Å². The largest absolute Gasteiger partial charge is 0.505 e. The first-order valence-corrected chi connectivity index (χ1v) is 13.1. The van der Waals surface area contributed by atoms with Gasteiger partial charge in [0.15, 0.2) is 6.29 Å². The lowest BCUT2D eigenvalue weighted by atomic mass is 9.84. The Labute approximate surface area is 214 Å². The number of rotatable bonds is 8. The van der Waals surface area contributed by atoms with E-state index in [-0.39, 0.29) is 28.6 Å². The summed E-state index contributed by atoms with van der Waals surface area (Å²) in [6, 6.07) is 16.1. The Bertz CT molecular complexity index is 1570. The van der Waals surface area contributed by atoms with Crippen LogP contribution in [0.3, 0.4) is 0 Å². The minimum Gasteiger partial charge on any atom is -0.505 e. The molecular formula is C27H27N3O6S. The maximum atomic E-state index is 13.0. The number of hydrogen-bond acceptors (Lipinski definition) is 8. The Kier molecular flexibility index (Phi) is 7.13. The molecule has 3 aromatic carbocycles. The highest BCUT2D eigenvalue weighted by Gasteiger charge is 2.24. The molecule has 0 radical (unpaired) electrons. The number of esters is 1. The van der Waals surface area contributed by atoms with E-state index in [2.05, 4.69) is 10.2 Å². The third-order valence-corrected chi connectivity index (χ3v) is 7.59. The van der Waals surface area contributed by atoms with Crippen molar-refractivity contribution in [2.75, 3.05) is 6.61 Å². The van der Waals surface area contributed by atoms with E-state index in [0.717, 1.165) is 5.56 Å². The lowest BCUT2D eigenvalue weighted by Crippen LogP contribution is -2.14. The minimum absolute atomic E-state index is 0.0165. The van der Waals surface area contributed by atoms with Crippen molar-refractivity contribution in [2.24, 2.45) is 0 Å². The number of hydrogen-bond donors (Lipinski definition) is 1. The molecule has 1 N–H and O–H groups in total. The summed E-state index contributed by atoms with van der Waals surface area (Å²) in [5.74, 6) is -0.522. The second kappa shape index (κ2) is 10.1. The van der Waals surface area contributed by atoms with Gasteiger partial charge in [0.1, 0.15) is 29.1 Å². The topological polar surface area (TPSA) is 128 Å². The van der Waals surface area contributed by atoms with Gasteiger partial charge in [0.25, 0.3) is 0 Å². The van der Waals surface area contributed by atoms with Gasteiger partial charge in [-0.15, -0.1) is 15.0 Å². The molecule has 0 saturated carbocycles. The molecule has 4 rings (SSSR count). The summed E-state index contributed by atoms with van der Waals surface area (Å²) in [6.45, 7) is 5.55. The van der Waals surface area contributed by atoms with Crippen LogP contribution >= 0.6 is 0 Å². The predicted octanol–water partition coefficient (Wildman–Crippen LogP) is 3.93. The van der Waals surface area contributed by atoms with Gasteiger partial charge in [-0.3, -0.25) is 9.59 Å². The molecule has 0 amide bonds. The van der Waals surface area contributed by atoms with E-state index in [1.165, 1.54) is 29.1 Å². The van der Waals surface area contributed by atoms with Gasteiger partial charge < -0.3 is 9.84 Å². The molecule has 10 heteroatoms. The van der Waals surface area contributed by atoms with E-state index in [1.54, 1.807) is 30.3 Å². The van der Waals surface area contributed by atoms with Crippen LogP contribution in [0.5, 0.6) is 5.75 Å². The first-order valence-electron chi connectivity index (χ1n) is 11.6. The molecule has 4 aromatic rings. The monoisotopic (exact) mass is 521 g/mol. The lowest BCUT2D eigenvalue weighted by Gasteiger charge is -2.23. The van der Waals surface area contributed by atoms with Crippen LogP contribution in [0.2, 0.25) is 0 Å². The molecule has 0 saturated heterocycles. The number of aromatic nitrogens is 3. The van der Waals surface area contributed by atoms with Gasteiger partial charge in [0, 0.05) is 12.0 Å². The van der Waals surface area contributed by atoms with Crippen molar-refractivity contribution in [1.82, 2.24) is 15.0 Å². The third kappa shape index (κ3) is 5.54. The van der Waals surface area contributed by atoms with Crippen LogP contribution in [0.1, 0.15) is 38.3 Å². The van der Waals surface area contributed by atoms with Gasteiger partial charge in [-0.25, -0.2) is 8.42 Å². The van der Waals surface area contributed by atoms with E-state index in [9.17, 15) is 23.1 Å². The molecule has 0 aliphatic rings. The standard InChI is InChI=1S/C27H27N3O6S/c1-27(2,3)21-15-18(9-12-25(32)36-14-13-31)16-24(26(21)33)30-28-22-11-10-20(17-23(22)29-30)37(34,35)19-7-5-4-6-8-19/h4-8,10-11,13,15-17,33H,9,12,14H2,1-3H3. The maximum absolute atomic E-state index is 13.0. The molecule has 1 heterocycles. The predicted molar refractivity (Wildman–Crippen MR) is 136 cm³/mol. The van der Waals surface area contributed by atoms with E-state index < -0.39 is 21.2 Å². The van der Waals surface area contributed by atoms with E-state index in [1.807, 2.05) is 26.8 Å². The highest BCUT2D eigenvalue weighted by molar-refractivity contribution is 7.91. The molecule has 0 unspecified atom stereocenters. The Morgan fingerprint density at radius 3 is 2.38 bits per heavy atom. The van der Waals surface area contributed by atoms with Crippen molar-refractivity contribution < 1.29 is 27.9 Å². The number of phenols is 1. The zero-order valence-corrected chi connectivity index (χ0v) is 21.5. The van der Waals surface area contributed by atoms with Crippen LogP contribution < -0.4 is 0 Å². The molecule has 37 heavy (non-hydrogen) atoms. The number of aromatic hydroxyl groups is 1. The van der Waals surface area contributed by atoms with Crippen LogP contribution in [0.15, 0.2) is 70.5 Å². The fourth-order valence-corrected chi connectivity index (χ4v) is 5.20. The zero-order valence-electron chi connectivity index (χ0n) is 20.7. The quantitative estimate of drug-likeness (QED) is 0.273. The third-order valence-electron chi connectivity index (χ3n) is 5.82. The summed E-state index contributed by atoms with van der Waals surface area (Å²) in [7, 11) is -3.74. The highest BCUT2D eigenvalue weighted by atomic mass is 32.2. The number of ether oxygens (including phenoxy) is 1. The highest BCUT2D eigenvalue weighted by Crippen LogP contribution is 2.36. The molecule has 0 spiro atoms. The molecule has 0 bridgehead atoms. The SMILES string of the molecule is CC(C)(C)c1cc(CCC(=O)OCC=O)cc(-n2nc3ccc(S(=O)(=O)c4ccccc4)cc3n2)c1O. The van der Waals surface area contributed by atoms with Crippen molar-refractivity contribution in [3.8, 4) is 11.4 Å². The summed E-state index contributed by atoms with van der Waals surface area (Å²) in [4.78, 5) is 23.9. The fraction of sp³-hybridized carbons (Fsp3) is 0.259. The molecule has 0 fully saturated rings. The van der Waals surface area contributed by atoms with Crippen molar-refractivity contribution in [3.05, 3.63) is 71.8 Å². The average Bonchev–Trinajstić information content (AvgIpc) is 3.30. The first-order chi connectivity index (χ1) is 17.5. The smallest absolute Gasteiger partial charge is 0.306 e. The Hall–Kier alpha value is -4.05. The molecule has 9 nitrogen and oxygen atoms in total. The van der Waals surface area contributed by atoms with E-state index in [0.29, 0.717) is 35.0 Å². The number of sulfone groups is 1. The number of fused-ring (bicyclic) bond motifs is 1. The molecule has 0 aliphatic carbocycles. The van der Waals surface area contributed by atoms with Crippen LogP contribution in [0, 0.1) is 0 Å². The normalized spacial score (nSPS) is 12.0. The van der Waals surface area contributed by atoms with Crippen molar-refractivity contribution in [1.29, 1.82) is 0 Å². The number of aldehydes is 1. The van der Waals surface area contributed by atoms with Gasteiger partial charge in [-0.1, -0.05) is 45.0 Å². The van der Waals surface area contributed by atoms with Gasteiger partial charge >= 0.3 is 5.97 Å². The summed E-state index contributed by atoms with van der Waals surface area (Å²) in [5, 5.41) is 20.0. The Morgan fingerprint density at radius 2 is 1.70 bits per heavy atom. The number of carbonyl (C=O) groups is 2. The van der Waals surface area contributed by atoms with Crippen molar-refractivity contribution in [2.45, 2.75) is 48.8 Å². The molecular weight excluding hydrogens is 494 g/mol. The van der Waals surface area contributed by atoms with Gasteiger partial charge in [-0.2, -0.15) is 0 Å². The van der Waals surface area contributed by atoms with Crippen LogP contribution in [0.4, 0.5) is 0 Å². The van der Waals surface area contributed by atoms with E-state index >= 15 is 0 Å². The zero-order chi connectivity index (χ0) is 26.8. The Morgan fingerprint density at radius 1 is 1.00 bits per heavy atom. The first kappa shape index (κ1) is 26.0. The summed E-state index contributed by atoms with van der Waals surface area (Å²) < 4.78 is 30.9. The summed E-state index contributed by atoms with van der Waals surface area (Å²) >= 11 is 0. The van der Waals surface area contributed by atoms with Crippen molar-refractivity contribution in [3.63, 3.8) is 0 Å². The number of nitrogens with zero attached hydrogens (tertiary/aromatic N) is 3. The second-order valence-electron chi connectivity index (χ2n) is 9.57. The molecule has 0 aliphatic heterocycles. The van der Waals surface area contributed by atoms with Gasteiger partial charge in [-0.05, 0) is 53.8 Å². The van der Waals surface area contributed by atoms with E-state index in [4.69, 9.17) is 4.74 Å². The second-order valence-corrected chi connectivity index (χ2v) is 11.5. The summed E-state index contributed by atoms with van der Waals surface area (Å²) in [5.41, 5.74) is 2.04. The lowest BCUT2D eigenvalue weighted by molar-refractivity contribution is -0.145. The Balaban J connectivity index is 1.75. The number of benzene rings is 3. The van der Waals surface area contributed by atoms with Gasteiger partial charge in [0.2, 0.25) is 9.84 Å². The molecule has 192 valence electrons.